The SMILES string of the molecule is [KH].[KH].[O]=[Cr](=[O])([OH])[O][Cr](=[O])(=[O])[OH].[O]=[Mn](=[O])(=[O])[OH]. The van der Waals surface area contributed by atoms with Gasteiger partial charge in [0.2, 0.25) is 0 Å². The first-order valence-corrected chi connectivity index (χ1v) is 8.23. The average Bonchev–Trinajstić information content (AvgIpc) is 1.42. The van der Waals surface area contributed by atoms with Gasteiger partial charge in [0.1, 0.15) is 0 Å². The van der Waals surface area contributed by atoms with Crippen molar-refractivity contribution >= 4 is 103 Å². The van der Waals surface area contributed by atoms with Crippen LogP contribution in [0.4, 0.5) is 0 Å². The summed E-state index contributed by atoms with van der Waals surface area (Å²) >= 11 is -16.9. The van der Waals surface area contributed by atoms with E-state index < -0.39 is 40.2 Å². The third kappa shape index (κ3) is 53.1. The minimum atomic E-state index is -5.76. The van der Waals surface area contributed by atoms with Crippen molar-refractivity contribution in [2.45, 2.75) is 0 Å². The molecule has 0 bridgehead atoms. The molecule has 0 aromatic heterocycles. The monoisotopic (exact) mass is 418 g/mol. The molecule has 0 rings (SSSR count). The van der Waals surface area contributed by atoms with Gasteiger partial charge in [0.05, 0.1) is 0 Å². The topological polar surface area (TPSA) is 189 Å². The average molecular weight is 418 g/mol. The van der Waals surface area contributed by atoms with Crippen LogP contribution in [0.1, 0.15) is 0 Å². The molecular weight excluding hydrogens is 413 g/mol. The van der Waals surface area contributed by atoms with Crippen molar-refractivity contribution in [3.63, 3.8) is 0 Å². The molecule has 0 amide bonds. The van der Waals surface area contributed by atoms with E-state index in [9.17, 15) is 15.2 Å². The fraction of sp³-hybridized carbons (Fsp3) is 0. The molecule has 11 nitrogen and oxygen atoms in total. The van der Waals surface area contributed by atoms with Gasteiger partial charge < -0.3 is 0 Å². The second-order valence-electron chi connectivity index (χ2n) is 1.32. The first kappa shape index (κ1) is 27.6. The van der Waals surface area contributed by atoms with Crippen LogP contribution in [0.2, 0.25) is 0 Å². The van der Waals surface area contributed by atoms with Crippen molar-refractivity contribution in [2.75, 3.05) is 0 Å². The molecule has 0 aliphatic rings. The Morgan fingerprint density at radius 3 is 0.938 bits per heavy atom. The van der Waals surface area contributed by atoms with Crippen molar-refractivity contribution in [2.24, 2.45) is 0 Å². The van der Waals surface area contributed by atoms with Crippen LogP contribution >= 0.6 is 0 Å². The van der Waals surface area contributed by atoms with Gasteiger partial charge in [-0.2, -0.15) is 0 Å². The van der Waals surface area contributed by atoms with E-state index in [0.29, 0.717) is 0 Å². The minimum absolute atomic E-state index is 0. The van der Waals surface area contributed by atoms with E-state index in [4.69, 9.17) is 24.0 Å². The molecule has 0 spiro atoms. The molecule has 3 N–H and O–H groups in total. The van der Waals surface area contributed by atoms with E-state index in [0.717, 1.165) is 0 Å². The maximum atomic E-state index is 9.53. The second-order valence-corrected chi connectivity index (χ2v) is 6.32. The number of hydrogen-bond donors (Lipinski definition) is 3. The van der Waals surface area contributed by atoms with E-state index >= 15 is 0 Å². The van der Waals surface area contributed by atoms with E-state index in [1.807, 2.05) is 0 Å². The Labute approximate surface area is 180 Å². The predicted octanol–water partition coefficient (Wildman–Crippen LogP) is -3.88. The summed E-state index contributed by atoms with van der Waals surface area (Å²) in [7, 11) is 0. The predicted molar refractivity (Wildman–Crippen MR) is 26.8 cm³/mol. The van der Waals surface area contributed by atoms with E-state index in [2.05, 4.69) is 2.84 Å². The molecule has 0 aliphatic carbocycles. The molecule has 0 saturated carbocycles. The Kier molecular flexibility index (Phi) is 19.0. The Morgan fingerprint density at radius 1 is 0.812 bits per heavy atom. The fourth-order valence-electron chi connectivity index (χ4n) is 0.109. The van der Waals surface area contributed by atoms with Gasteiger partial charge in [0.25, 0.3) is 0 Å². The zero-order chi connectivity index (χ0) is 12.2. The summed E-state index contributed by atoms with van der Waals surface area (Å²) in [5.74, 6) is 0. The van der Waals surface area contributed by atoms with Crippen molar-refractivity contribution in [3.8, 4) is 0 Å². The van der Waals surface area contributed by atoms with Gasteiger partial charge in [-0.15, -0.1) is 0 Å². The Hall–Kier alpha value is 3.30. The first-order chi connectivity index (χ1) is 5.71. The van der Waals surface area contributed by atoms with Crippen LogP contribution in [0.25, 0.3) is 0 Å². The van der Waals surface area contributed by atoms with Gasteiger partial charge in [0.15, 0.2) is 0 Å². The Bertz CT molecular complexity index is 470. The molecule has 0 saturated heterocycles. The second kappa shape index (κ2) is 11.0. The summed E-state index contributed by atoms with van der Waals surface area (Å²) in [6.07, 6.45) is 0. The van der Waals surface area contributed by atoms with Crippen LogP contribution in [0.15, 0.2) is 0 Å². The van der Waals surface area contributed by atoms with E-state index in [1.165, 1.54) is 0 Å². The molecule has 92 valence electrons. The fourth-order valence-corrected chi connectivity index (χ4v) is 1.85. The summed E-state index contributed by atoms with van der Waals surface area (Å²) in [5.41, 5.74) is 0. The Balaban J connectivity index is -0.0000000904. The third-order valence-corrected chi connectivity index (χ3v) is 2.92. The zero-order valence-corrected chi connectivity index (χ0v) is 9.53. The van der Waals surface area contributed by atoms with Crippen molar-refractivity contribution in [1.82, 2.24) is 0 Å². The molecule has 0 aliphatic heterocycles. The van der Waals surface area contributed by atoms with E-state index in [1.54, 1.807) is 0 Å². The molecule has 16 heteroatoms. The van der Waals surface area contributed by atoms with E-state index in [-0.39, 0.29) is 103 Å². The van der Waals surface area contributed by atoms with Gasteiger partial charge in [-0.3, -0.25) is 0 Å². The molecular formula is H5Cr2K2MnO11. The van der Waals surface area contributed by atoms with Crippen LogP contribution in [0, 0.1) is 0 Å². The summed E-state index contributed by atoms with van der Waals surface area (Å²) in [4.78, 5) is 0. The molecule has 0 heterocycles. The molecule has 0 unspecified atom stereocenters. The normalized spacial score (nSPS) is 11.2. The summed E-state index contributed by atoms with van der Waals surface area (Å²) in [5, 5.41) is 0. The maximum absolute atomic E-state index is 9.53. The molecule has 16 heavy (non-hydrogen) atoms. The van der Waals surface area contributed by atoms with Crippen LogP contribution in [0.3, 0.4) is 0 Å². The van der Waals surface area contributed by atoms with Crippen LogP contribution in [-0.4, -0.2) is 115 Å². The van der Waals surface area contributed by atoms with Gasteiger partial charge in [0, 0.05) is 0 Å². The third-order valence-electron chi connectivity index (χ3n) is 0.172. The van der Waals surface area contributed by atoms with Gasteiger partial charge in [-0.05, 0) is 0 Å². The van der Waals surface area contributed by atoms with Crippen molar-refractivity contribution in [3.05, 3.63) is 0 Å². The van der Waals surface area contributed by atoms with Crippen LogP contribution < -0.4 is 0 Å². The summed E-state index contributed by atoms with van der Waals surface area (Å²) in [6, 6.07) is 0. The van der Waals surface area contributed by atoms with Crippen LogP contribution in [-0.2, 0) is 69.8 Å². The first-order valence-electron chi connectivity index (χ1n) is 2.00. The summed E-state index contributed by atoms with van der Waals surface area (Å²) in [6.45, 7) is 0. The van der Waals surface area contributed by atoms with Gasteiger partial charge >= 0.3 is 185 Å². The Morgan fingerprint density at radius 2 is 0.938 bits per heavy atom. The molecule has 0 aromatic rings. The van der Waals surface area contributed by atoms with Crippen molar-refractivity contribution in [1.29, 1.82) is 0 Å². The zero-order valence-electron chi connectivity index (χ0n) is 5.80. The molecule has 0 atom stereocenters. The van der Waals surface area contributed by atoms with Gasteiger partial charge in [-0.25, -0.2) is 0 Å². The molecule has 0 radical (unpaired) electrons. The number of rotatable bonds is 2. The summed E-state index contributed by atoms with van der Waals surface area (Å²) < 4.78 is 89.3. The van der Waals surface area contributed by atoms with Crippen LogP contribution in [0.5, 0.6) is 0 Å². The molecule has 0 fully saturated rings. The number of hydrogen-bond acceptors (Lipinski definition) is 8. The van der Waals surface area contributed by atoms with Crippen molar-refractivity contribution < 1.29 is 82.3 Å². The molecule has 0 aromatic carbocycles. The quantitative estimate of drug-likeness (QED) is 0.372. The van der Waals surface area contributed by atoms with Gasteiger partial charge in [-0.1, -0.05) is 0 Å². The standard InChI is InChI=1S/2Cr.2K.Mn.3H2O.8O.2H/h;;;;;3*1H2;;;;;;;;;;/q2*+1;;;+1;;;;;;;;;;;;;/p-3.